The van der Waals surface area contributed by atoms with Crippen LogP contribution in [0.4, 0.5) is 0 Å². The largest absolute Gasteiger partial charge is 0.456 e. The predicted octanol–water partition coefficient (Wildman–Crippen LogP) is 5.47. The quantitative estimate of drug-likeness (QED) is 0.456. The van der Waals surface area contributed by atoms with Crippen molar-refractivity contribution in [2.24, 2.45) is 0 Å². The van der Waals surface area contributed by atoms with E-state index in [0.717, 1.165) is 27.6 Å². The minimum Gasteiger partial charge on any atom is -0.456 e. The standard InChI is InChI=1S/C18H12BrN3O/c1-3-22-16-9-13(19)5-4-12(16)8-17(22)18-7-6-15(23-18)10-14(11-20)21-2/h4-10H,3H2,1H3/b14-10+. The number of aryl methyl sites for hydroxylation is 1. The molecule has 0 N–H and O–H groups in total. The van der Waals surface area contributed by atoms with E-state index < -0.39 is 0 Å². The molecule has 5 heteroatoms. The number of benzene rings is 1. The van der Waals surface area contributed by atoms with Crippen molar-refractivity contribution in [1.29, 1.82) is 5.26 Å². The van der Waals surface area contributed by atoms with Crippen molar-refractivity contribution >= 4 is 32.9 Å². The molecule has 23 heavy (non-hydrogen) atoms. The first-order valence-corrected chi connectivity index (χ1v) is 7.84. The number of furan rings is 1. The minimum atomic E-state index is 0.00543. The number of rotatable bonds is 3. The van der Waals surface area contributed by atoms with Crippen LogP contribution in [0.1, 0.15) is 12.7 Å². The maximum absolute atomic E-state index is 8.83. The number of nitrogens with zero attached hydrogens (tertiary/aromatic N) is 3. The van der Waals surface area contributed by atoms with Crippen LogP contribution in [0.5, 0.6) is 0 Å². The van der Waals surface area contributed by atoms with E-state index in [1.165, 1.54) is 6.08 Å². The summed E-state index contributed by atoms with van der Waals surface area (Å²) in [5.41, 5.74) is 2.11. The highest BCUT2D eigenvalue weighted by atomic mass is 79.9. The third-order valence-electron chi connectivity index (χ3n) is 3.58. The number of halogens is 1. The normalized spacial score (nSPS) is 11.4. The molecule has 0 saturated carbocycles. The Kier molecular flexibility index (Phi) is 4.06. The Balaban J connectivity index is 2.11. The van der Waals surface area contributed by atoms with E-state index in [1.54, 1.807) is 6.07 Å². The van der Waals surface area contributed by atoms with Crippen molar-refractivity contribution in [3.05, 3.63) is 63.7 Å². The maximum Gasteiger partial charge on any atom is 0.265 e. The summed E-state index contributed by atoms with van der Waals surface area (Å²) in [5.74, 6) is 1.22. The third kappa shape index (κ3) is 2.79. The highest BCUT2D eigenvalue weighted by Gasteiger charge is 2.13. The highest BCUT2D eigenvalue weighted by Crippen LogP contribution is 2.31. The molecule has 2 aromatic heterocycles. The van der Waals surface area contributed by atoms with Crippen LogP contribution in [0.15, 0.2) is 51.0 Å². The second-order valence-electron chi connectivity index (χ2n) is 4.93. The molecule has 0 saturated heterocycles. The number of allylic oxidation sites excluding steroid dienone is 1. The van der Waals surface area contributed by atoms with Gasteiger partial charge in [0.15, 0.2) is 5.76 Å². The van der Waals surface area contributed by atoms with Crippen LogP contribution >= 0.6 is 15.9 Å². The zero-order valence-electron chi connectivity index (χ0n) is 12.4. The van der Waals surface area contributed by atoms with E-state index in [1.807, 2.05) is 18.2 Å². The lowest BCUT2D eigenvalue weighted by atomic mass is 10.2. The van der Waals surface area contributed by atoms with E-state index in [2.05, 4.69) is 50.5 Å². The maximum atomic E-state index is 8.83. The molecule has 0 fully saturated rings. The Morgan fingerprint density at radius 2 is 2.22 bits per heavy atom. The summed E-state index contributed by atoms with van der Waals surface area (Å²) in [4.78, 5) is 3.14. The van der Waals surface area contributed by atoms with Crippen LogP contribution < -0.4 is 0 Å². The van der Waals surface area contributed by atoms with Crippen molar-refractivity contribution in [3.8, 4) is 17.5 Å². The summed E-state index contributed by atoms with van der Waals surface area (Å²) < 4.78 is 9.01. The van der Waals surface area contributed by atoms with Gasteiger partial charge in [0, 0.05) is 21.9 Å². The Morgan fingerprint density at radius 1 is 1.39 bits per heavy atom. The van der Waals surface area contributed by atoms with Crippen molar-refractivity contribution in [2.75, 3.05) is 0 Å². The fourth-order valence-electron chi connectivity index (χ4n) is 2.56. The van der Waals surface area contributed by atoms with Crippen molar-refractivity contribution in [3.63, 3.8) is 0 Å². The second-order valence-corrected chi connectivity index (χ2v) is 5.85. The van der Waals surface area contributed by atoms with E-state index >= 15 is 0 Å². The van der Waals surface area contributed by atoms with Gasteiger partial charge < -0.3 is 8.98 Å². The zero-order chi connectivity index (χ0) is 16.4. The monoisotopic (exact) mass is 365 g/mol. The fraction of sp³-hybridized carbons (Fsp3) is 0.111. The summed E-state index contributed by atoms with van der Waals surface area (Å²) >= 11 is 3.51. The first-order valence-electron chi connectivity index (χ1n) is 7.04. The van der Waals surface area contributed by atoms with Crippen LogP contribution in [-0.2, 0) is 6.54 Å². The van der Waals surface area contributed by atoms with Gasteiger partial charge in [0.2, 0.25) is 0 Å². The Labute approximate surface area is 142 Å². The number of aromatic nitrogens is 1. The summed E-state index contributed by atoms with van der Waals surface area (Å²) in [6, 6.07) is 13.7. The molecule has 3 aromatic rings. The van der Waals surface area contributed by atoms with Gasteiger partial charge in [0.05, 0.1) is 18.3 Å². The van der Waals surface area contributed by atoms with Gasteiger partial charge in [-0.05, 0) is 43.3 Å². The van der Waals surface area contributed by atoms with Gasteiger partial charge >= 0.3 is 0 Å². The average molecular weight is 366 g/mol. The third-order valence-corrected chi connectivity index (χ3v) is 4.07. The molecule has 0 unspecified atom stereocenters. The molecule has 0 aliphatic rings. The summed E-state index contributed by atoms with van der Waals surface area (Å²) in [7, 11) is 0. The highest BCUT2D eigenvalue weighted by molar-refractivity contribution is 9.10. The SMILES string of the molecule is [C-]#[N+]/C(C#N)=C/c1ccc(-c2cc3ccc(Br)cc3n2CC)o1. The van der Waals surface area contributed by atoms with Gasteiger partial charge in [0.1, 0.15) is 5.76 Å². The van der Waals surface area contributed by atoms with Gasteiger partial charge in [-0.1, -0.05) is 22.0 Å². The van der Waals surface area contributed by atoms with Gasteiger partial charge in [-0.2, -0.15) is 0 Å². The van der Waals surface area contributed by atoms with Crippen molar-refractivity contribution < 1.29 is 4.42 Å². The number of fused-ring (bicyclic) bond motifs is 1. The Hall–Kier alpha value is -2.76. The first kappa shape index (κ1) is 15.1. The molecule has 0 amide bonds. The van der Waals surface area contributed by atoms with Crippen LogP contribution in [-0.4, -0.2) is 4.57 Å². The molecule has 0 radical (unpaired) electrons. The molecule has 112 valence electrons. The molecule has 0 spiro atoms. The Bertz CT molecular complexity index is 980. The Morgan fingerprint density at radius 3 is 2.91 bits per heavy atom. The topological polar surface area (TPSA) is 46.2 Å². The number of hydrogen-bond acceptors (Lipinski definition) is 2. The van der Waals surface area contributed by atoms with Crippen LogP contribution in [0.25, 0.3) is 33.3 Å². The lowest BCUT2D eigenvalue weighted by molar-refractivity contribution is 0.564. The molecule has 0 aliphatic carbocycles. The molecular formula is C18H12BrN3O. The molecule has 4 nitrogen and oxygen atoms in total. The van der Waals surface area contributed by atoms with Gasteiger partial charge in [-0.25, -0.2) is 10.1 Å². The minimum absolute atomic E-state index is 0.00543. The van der Waals surface area contributed by atoms with E-state index in [4.69, 9.17) is 16.3 Å². The lowest BCUT2D eigenvalue weighted by Crippen LogP contribution is -1.95. The van der Waals surface area contributed by atoms with Crippen molar-refractivity contribution in [1.82, 2.24) is 4.57 Å². The molecule has 3 rings (SSSR count). The summed E-state index contributed by atoms with van der Waals surface area (Å²) in [5, 5.41) is 9.97. The van der Waals surface area contributed by atoms with E-state index in [0.29, 0.717) is 11.5 Å². The number of hydrogen-bond donors (Lipinski definition) is 0. The summed E-state index contributed by atoms with van der Waals surface area (Å²) in [6.45, 7) is 9.82. The molecule has 0 aliphatic heterocycles. The van der Waals surface area contributed by atoms with Crippen LogP contribution in [0.3, 0.4) is 0 Å². The zero-order valence-corrected chi connectivity index (χ0v) is 14.0. The lowest BCUT2D eigenvalue weighted by Gasteiger charge is -2.05. The van der Waals surface area contributed by atoms with E-state index in [-0.39, 0.29) is 5.70 Å². The fourth-order valence-corrected chi connectivity index (χ4v) is 2.91. The average Bonchev–Trinajstić information content (AvgIpc) is 3.15. The molecule has 0 bridgehead atoms. The van der Waals surface area contributed by atoms with E-state index in [9.17, 15) is 0 Å². The van der Waals surface area contributed by atoms with Crippen molar-refractivity contribution in [2.45, 2.75) is 13.5 Å². The molecule has 0 atom stereocenters. The van der Waals surface area contributed by atoms with Gasteiger partial charge in [-0.3, -0.25) is 0 Å². The molecule has 1 aromatic carbocycles. The van der Waals surface area contributed by atoms with Crippen LogP contribution in [0, 0.1) is 17.9 Å². The van der Waals surface area contributed by atoms with Gasteiger partial charge in [-0.15, -0.1) is 0 Å². The number of nitriles is 1. The predicted molar refractivity (Wildman–Crippen MR) is 93.2 cm³/mol. The van der Waals surface area contributed by atoms with Gasteiger partial charge in [0.25, 0.3) is 5.70 Å². The smallest absolute Gasteiger partial charge is 0.265 e. The first-order chi connectivity index (χ1) is 11.2. The second kappa shape index (κ2) is 6.16. The molecule has 2 heterocycles. The van der Waals surface area contributed by atoms with Crippen LogP contribution in [0.2, 0.25) is 0 Å². The summed E-state index contributed by atoms with van der Waals surface area (Å²) in [6.07, 6.45) is 1.45. The molecular weight excluding hydrogens is 354 g/mol.